The van der Waals surface area contributed by atoms with Crippen LogP contribution in [0.3, 0.4) is 0 Å². The zero-order valence-corrected chi connectivity index (χ0v) is 16.0. The fourth-order valence-corrected chi connectivity index (χ4v) is 3.57. The lowest BCUT2D eigenvalue weighted by Gasteiger charge is -2.23. The molecule has 1 amide bonds. The zero-order chi connectivity index (χ0) is 19.7. The van der Waals surface area contributed by atoms with Gasteiger partial charge in [-0.05, 0) is 43.0 Å². The van der Waals surface area contributed by atoms with E-state index in [0.29, 0.717) is 34.7 Å². The Morgan fingerprint density at radius 2 is 1.93 bits per heavy atom. The van der Waals surface area contributed by atoms with Gasteiger partial charge in [-0.25, -0.2) is 9.97 Å². The molecule has 1 aliphatic rings. The first kappa shape index (κ1) is 18.3. The van der Waals surface area contributed by atoms with Gasteiger partial charge in [-0.3, -0.25) is 14.9 Å². The van der Waals surface area contributed by atoms with Gasteiger partial charge in [0.1, 0.15) is 0 Å². The van der Waals surface area contributed by atoms with Gasteiger partial charge in [0.25, 0.3) is 5.91 Å². The molecule has 1 heterocycles. The van der Waals surface area contributed by atoms with E-state index in [4.69, 9.17) is 11.6 Å². The molecule has 2 aromatic carbocycles. The fraction of sp³-hybridized carbons (Fsp3) is 0.182. The van der Waals surface area contributed by atoms with Crippen molar-refractivity contribution in [2.45, 2.75) is 25.7 Å². The van der Waals surface area contributed by atoms with E-state index in [9.17, 15) is 9.59 Å². The van der Waals surface area contributed by atoms with Crippen LogP contribution >= 0.6 is 11.6 Å². The van der Waals surface area contributed by atoms with Crippen molar-refractivity contribution in [3.8, 4) is 0 Å². The first-order valence-electron chi connectivity index (χ1n) is 9.02. The Kier molecular flexibility index (Phi) is 4.92. The molecule has 140 valence electrons. The highest BCUT2D eigenvalue weighted by molar-refractivity contribution is 6.31. The number of halogens is 1. The number of Topliss-reactive ketones (excluding diaryl/α,β-unsaturated/α-hetero) is 1. The standard InChI is InChI=1S/C22H18ClN3O2/c1-13-5-7-14(8-6-13)16-10-19-18(20(27)11-16)12-24-22(25-19)26-21(28)15-3-2-4-17(23)9-15/h2-9,12,16H,10-11H2,1H3,(H,24,25,26,28)/t16-/m1/s1. The van der Waals surface area contributed by atoms with Crippen molar-refractivity contribution in [3.05, 3.63) is 87.7 Å². The SMILES string of the molecule is Cc1ccc([C@H]2CC(=O)c3cnc(NC(=O)c4cccc(Cl)c4)nc3C2)cc1. The number of amides is 1. The maximum absolute atomic E-state index is 12.5. The van der Waals surface area contributed by atoms with Gasteiger partial charge in [0.15, 0.2) is 5.78 Å². The molecule has 0 saturated carbocycles. The van der Waals surface area contributed by atoms with Crippen LogP contribution in [0, 0.1) is 6.92 Å². The third-order valence-corrected chi connectivity index (χ3v) is 5.14. The minimum absolute atomic E-state index is 0.0274. The van der Waals surface area contributed by atoms with Crippen LogP contribution in [0.15, 0.2) is 54.7 Å². The van der Waals surface area contributed by atoms with Crippen molar-refractivity contribution in [1.82, 2.24) is 9.97 Å². The summed E-state index contributed by atoms with van der Waals surface area (Å²) in [5, 5.41) is 3.16. The molecule has 1 N–H and O–H groups in total. The third-order valence-electron chi connectivity index (χ3n) is 4.90. The Balaban J connectivity index is 1.57. The maximum atomic E-state index is 12.5. The van der Waals surface area contributed by atoms with E-state index in [-0.39, 0.29) is 23.6 Å². The Morgan fingerprint density at radius 1 is 1.14 bits per heavy atom. The number of ketones is 1. The molecular weight excluding hydrogens is 374 g/mol. The molecule has 3 aromatic rings. The van der Waals surface area contributed by atoms with E-state index >= 15 is 0 Å². The second-order valence-electron chi connectivity index (χ2n) is 6.96. The molecular formula is C22H18ClN3O2. The van der Waals surface area contributed by atoms with Gasteiger partial charge in [-0.1, -0.05) is 47.5 Å². The lowest BCUT2D eigenvalue weighted by Crippen LogP contribution is -2.22. The Labute approximate surface area is 167 Å². The number of carbonyl (C=O) groups is 2. The predicted molar refractivity (Wildman–Crippen MR) is 108 cm³/mol. The molecule has 0 fully saturated rings. The highest BCUT2D eigenvalue weighted by atomic mass is 35.5. The number of aromatic nitrogens is 2. The van der Waals surface area contributed by atoms with Crippen molar-refractivity contribution in [2.75, 3.05) is 5.32 Å². The van der Waals surface area contributed by atoms with Crippen LogP contribution in [0.5, 0.6) is 0 Å². The van der Waals surface area contributed by atoms with Gasteiger partial charge in [0, 0.05) is 23.2 Å². The average molecular weight is 392 g/mol. The van der Waals surface area contributed by atoms with Crippen molar-refractivity contribution in [3.63, 3.8) is 0 Å². The molecule has 0 aliphatic heterocycles. The Hall–Kier alpha value is -3.05. The van der Waals surface area contributed by atoms with Crippen molar-refractivity contribution < 1.29 is 9.59 Å². The van der Waals surface area contributed by atoms with Crippen molar-refractivity contribution in [2.24, 2.45) is 0 Å². The molecule has 0 spiro atoms. The van der Waals surface area contributed by atoms with E-state index in [2.05, 4.69) is 27.4 Å². The summed E-state index contributed by atoms with van der Waals surface area (Å²) in [4.78, 5) is 33.5. The monoisotopic (exact) mass is 391 g/mol. The molecule has 1 aromatic heterocycles. The summed E-state index contributed by atoms with van der Waals surface area (Å²) in [6.45, 7) is 2.03. The number of carbonyl (C=O) groups excluding carboxylic acids is 2. The van der Waals surface area contributed by atoms with E-state index in [1.807, 2.05) is 19.1 Å². The van der Waals surface area contributed by atoms with E-state index in [0.717, 1.165) is 5.56 Å². The normalized spacial score (nSPS) is 15.8. The van der Waals surface area contributed by atoms with Crippen LogP contribution in [0.1, 0.15) is 49.9 Å². The van der Waals surface area contributed by atoms with Gasteiger partial charge >= 0.3 is 0 Å². The second kappa shape index (κ2) is 7.52. The van der Waals surface area contributed by atoms with Crippen LogP contribution < -0.4 is 5.32 Å². The van der Waals surface area contributed by atoms with Gasteiger partial charge in [0.05, 0.1) is 11.3 Å². The molecule has 1 aliphatic carbocycles. The van der Waals surface area contributed by atoms with Gasteiger partial charge in [-0.15, -0.1) is 0 Å². The third kappa shape index (κ3) is 3.80. The molecule has 1 atom stereocenters. The number of nitrogens with one attached hydrogen (secondary N) is 1. The largest absolute Gasteiger partial charge is 0.294 e. The van der Waals surface area contributed by atoms with Crippen LogP contribution in [0.25, 0.3) is 0 Å². The number of benzene rings is 2. The topological polar surface area (TPSA) is 72.0 Å². The summed E-state index contributed by atoms with van der Waals surface area (Å²) >= 11 is 5.94. The van der Waals surface area contributed by atoms with Crippen LogP contribution in [0.2, 0.25) is 5.02 Å². The van der Waals surface area contributed by atoms with Crippen LogP contribution in [0.4, 0.5) is 5.95 Å². The quantitative estimate of drug-likeness (QED) is 0.708. The molecule has 0 bridgehead atoms. The minimum atomic E-state index is -0.348. The zero-order valence-electron chi connectivity index (χ0n) is 15.3. The summed E-state index contributed by atoms with van der Waals surface area (Å²) in [5.41, 5.74) is 3.91. The van der Waals surface area contributed by atoms with Gasteiger partial charge in [-0.2, -0.15) is 0 Å². The van der Waals surface area contributed by atoms with Gasteiger partial charge < -0.3 is 0 Å². The fourth-order valence-electron chi connectivity index (χ4n) is 3.38. The van der Waals surface area contributed by atoms with E-state index < -0.39 is 0 Å². The highest BCUT2D eigenvalue weighted by Gasteiger charge is 2.28. The summed E-state index contributed by atoms with van der Waals surface area (Å²) in [6.07, 6.45) is 2.57. The van der Waals surface area contributed by atoms with E-state index in [1.54, 1.807) is 24.3 Å². The molecule has 0 radical (unpaired) electrons. The smallest absolute Gasteiger partial charge is 0.258 e. The van der Waals surface area contributed by atoms with Crippen LogP contribution in [-0.4, -0.2) is 21.7 Å². The number of anilines is 1. The van der Waals surface area contributed by atoms with Crippen molar-refractivity contribution >= 4 is 29.2 Å². The number of fused-ring (bicyclic) bond motifs is 1. The van der Waals surface area contributed by atoms with Gasteiger partial charge in [0.2, 0.25) is 5.95 Å². The minimum Gasteiger partial charge on any atom is -0.294 e. The lowest BCUT2D eigenvalue weighted by molar-refractivity contribution is 0.0962. The first-order valence-corrected chi connectivity index (χ1v) is 9.40. The summed E-state index contributed by atoms with van der Waals surface area (Å²) < 4.78 is 0. The lowest BCUT2D eigenvalue weighted by atomic mass is 9.82. The number of hydrogen-bond donors (Lipinski definition) is 1. The molecule has 6 heteroatoms. The highest BCUT2D eigenvalue weighted by Crippen LogP contribution is 2.32. The van der Waals surface area contributed by atoms with E-state index in [1.165, 1.54) is 11.8 Å². The predicted octanol–water partition coefficient (Wildman–Crippen LogP) is 4.60. The van der Waals surface area contributed by atoms with Crippen LogP contribution in [-0.2, 0) is 6.42 Å². The number of rotatable bonds is 3. The Bertz CT molecular complexity index is 1060. The average Bonchev–Trinajstić information content (AvgIpc) is 2.68. The summed E-state index contributed by atoms with van der Waals surface area (Å²) in [7, 11) is 0. The summed E-state index contributed by atoms with van der Waals surface area (Å²) in [6, 6.07) is 14.9. The van der Waals surface area contributed by atoms with Crippen molar-refractivity contribution in [1.29, 1.82) is 0 Å². The number of aryl methyl sites for hydroxylation is 1. The second-order valence-corrected chi connectivity index (χ2v) is 7.39. The molecule has 28 heavy (non-hydrogen) atoms. The summed E-state index contributed by atoms with van der Waals surface area (Å²) in [5.74, 6) is -0.0627. The molecule has 5 nitrogen and oxygen atoms in total. The number of hydrogen-bond acceptors (Lipinski definition) is 4. The molecule has 4 rings (SSSR count). The number of nitrogens with zero attached hydrogens (tertiary/aromatic N) is 2. The first-order chi connectivity index (χ1) is 13.5. The maximum Gasteiger partial charge on any atom is 0.258 e. The Morgan fingerprint density at radius 3 is 2.68 bits per heavy atom. The molecule has 0 saturated heterocycles. The molecule has 0 unspecified atom stereocenters.